The Morgan fingerprint density at radius 2 is 1.70 bits per heavy atom. The number of aliphatic imine (C=N–C) groups is 1. The molecule has 3 atom stereocenters. The summed E-state index contributed by atoms with van der Waals surface area (Å²) in [6, 6.07) is 37.9. The molecule has 196 valence electrons. The molecule has 0 saturated carbocycles. The van der Waals surface area contributed by atoms with Gasteiger partial charge in [-0.15, -0.1) is 0 Å². The van der Waals surface area contributed by atoms with Gasteiger partial charge < -0.3 is 10.1 Å². The number of nitrogens with one attached hydrogen (secondary N) is 1. The Balaban J connectivity index is 1.09. The monoisotopic (exact) mass is 540 g/mol. The quantitative estimate of drug-likeness (QED) is 0.172. The summed E-state index contributed by atoms with van der Waals surface area (Å²) in [6.07, 6.45) is 7.63. The number of para-hydroxylation sites is 1. The van der Waals surface area contributed by atoms with Crippen molar-refractivity contribution in [1.82, 2.24) is 0 Å². The van der Waals surface area contributed by atoms with Crippen LogP contribution in [-0.2, 0) is 6.61 Å². The van der Waals surface area contributed by atoms with Crippen LogP contribution in [0.3, 0.4) is 0 Å². The Kier molecular flexibility index (Phi) is 6.59. The van der Waals surface area contributed by atoms with E-state index in [1.165, 1.54) is 27.6 Å². The molecule has 0 fully saturated rings. The van der Waals surface area contributed by atoms with E-state index in [2.05, 4.69) is 108 Å². The van der Waals surface area contributed by atoms with Crippen LogP contribution in [0.25, 0.3) is 10.8 Å². The van der Waals surface area contributed by atoms with Crippen molar-refractivity contribution >= 4 is 40.0 Å². The lowest BCUT2D eigenvalue weighted by Gasteiger charge is -2.37. The van der Waals surface area contributed by atoms with Gasteiger partial charge in [-0.2, -0.15) is 0 Å². The van der Waals surface area contributed by atoms with Gasteiger partial charge in [-0.3, -0.25) is 4.99 Å². The van der Waals surface area contributed by atoms with Gasteiger partial charge >= 0.3 is 0 Å². The van der Waals surface area contributed by atoms with Crippen LogP contribution in [0, 0.1) is 5.92 Å². The first-order valence-electron chi connectivity index (χ1n) is 13.8. The van der Waals surface area contributed by atoms with Gasteiger partial charge in [0.2, 0.25) is 0 Å². The van der Waals surface area contributed by atoms with Crippen LogP contribution in [-0.4, -0.2) is 6.21 Å². The van der Waals surface area contributed by atoms with E-state index in [4.69, 9.17) is 21.3 Å². The fourth-order valence-electron chi connectivity index (χ4n) is 6.11. The summed E-state index contributed by atoms with van der Waals surface area (Å²) in [6.45, 7) is 0.465. The summed E-state index contributed by atoms with van der Waals surface area (Å²) in [7, 11) is 0. The van der Waals surface area contributed by atoms with Crippen molar-refractivity contribution in [3.63, 3.8) is 0 Å². The Morgan fingerprint density at radius 1 is 0.875 bits per heavy atom. The number of rotatable bonds is 6. The fourth-order valence-corrected chi connectivity index (χ4v) is 6.29. The molecule has 5 aromatic carbocycles. The molecule has 1 heterocycles. The third-order valence-corrected chi connectivity index (χ3v) is 8.35. The molecule has 1 aliphatic carbocycles. The number of hydrogen-bond acceptors (Lipinski definition) is 3. The standard InChI is InChI=1S/C36H29ClN2O/c37-28-17-20-35(40-23-26-9-5-8-24-7-1-2-10-30(24)26)27(21-28)22-38-29-18-15-25(16-19-29)36-33-13-6-12-31(33)32-11-3-4-14-34(32)39-36/h1-12,14-22,31,33,36,39H,13,23H2/t31-,33+,36+/m1/s1. The first-order chi connectivity index (χ1) is 19.7. The molecule has 2 aliphatic rings. The molecule has 0 amide bonds. The first-order valence-corrected chi connectivity index (χ1v) is 14.2. The molecule has 0 aromatic heterocycles. The van der Waals surface area contributed by atoms with Crippen LogP contribution in [0.1, 0.15) is 40.6 Å². The lowest BCUT2D eigenvalue weighted by Crippen LogP contribution is -2.28. The lowest BCUT2D eigenvalue weighted by atomic mass is 9.77. The van der Waals surface area contributed by atoms with Crippen LogP contribution < -0.4 is 10.1 Å². The van der Waals surface area contributed by atoms with Gasteiger partial charge in [-0.25, -0.2) is 0 Å². The van der Waals surface area contributed by atoms with Crippen molar-refractivity contribution in [2.75, 3.05) is 5.32 Å². The van der Waals surface area contributed by atoms with E-state index in [1.807, 2.05) is 24.4 Å². The number of anilines is 1. The third kappa shape index (κ3) is 4.78. The van der Waals surface area contributed by atoms with E-state index in [1.54, 1.807) is 0 Å². The van der Waals surface area contributed by atoms with E-state index >= 15 is 0 Å². The number of fused-ring (bicyclic) bond motifs is 4. The summed E-state index contributed by atoms with van der Waals surface area (Å²) in [5.74, 6) is 1.75. The molecule has 4 heteroatoms. The minimum atomic E-state index is 0.273. The van der Waals surface area contributed by atoms with Crippen LogP contribution >= 0.6 is 11.6 Å². The number of ether oxygens (including phenoxy) is 1. The van der Waals surface area contributed by atoms with Crippen molar-refractivity contribution < 1.29 is 4.74 Å². The average Bonchev–Trinajstić information content (AvgIpc) is 3.50. The SMILES string of the molecule is Clc1ccc(OCc2cccc3ccccc23)c(C=Nc2ccc([C@@H]3Nc4ccccc4[C@H]4C=CC[C@@H]43)cc2)c1. The largest absolute Gasteiger partial charge is 0.488 e. The van der Waals surface area contributed by atoms with Gasteiger partial charge in [0.25, 0.3) is 0 Å². The first kappa shape index (κ1) is 24.7. The summed E-state index contributed by atoms with van der Waals surface area (Å²) < 4.78 is 6.28. The molecule has 0 saturated heterocycles. The molecule has 40 heavy (non-hydrogen) atoms. The molecule has 1 N–H and O–H groups in total. The number of hydrogen-bond donors (Lipinski definition) is 1. The molecule has 0 unspecified atom stereocenters. The second kappa shape index (κ2) is 10.7. The highest BCUT2D eigenvalue weighted by Crippen LogP contribution is 2.49. The number of benzene rings is 5. The normalized spacial score (nSPS) is 19.4. The zero-order valence-corrected chi connectivity index (χ0v) is 22.8. The second-order valence-corrected chi connectivity index (χ2v) is 11.0. The van der Waals surface area contributed by atoms with Crippen molar-refractivity contribution in [3.05, 3.63) is 149 Å². The number of nitrogens with zero attached hydrogens (tertiary/aromatic N) is 1. The molecule has 0 spiro atoms. The zero-order valence-electron chi connectivity index (χ0n) is 22.0. The minimum Gasteiger partial charge on any atom is -0.488 e. The highest BCUT2D eigenvalue weighted by Gasteiger charge is 2.37. The van der Waals surface area contributed by atoms with Crippen molar-refractivity contribution in [2.24, 2.45) is 10.9 Å². The molecule has 0 radical (unpaired) electrons. The summed E-state index contributed by atoms with van der Waals surface area (Å²) in [5.41, 5.74) is 6.81. The molecule has 7 rings (SSSR count). The van der Waals surface area contributed by atoms with Crippen molar-refractivity contribution in [2.45, 2.75) is 25.0 Å². The minimum absolute atomic E-state index is 0.273. The number of allylic oxidation sites excluding steroid dienone is 2. The number of halogens is 1. The smallest absolute Gasteiger partial charge is 0.128 e. The van der Waals surface area contributed by atoms with E-state index in [9.17, 15) is 0 Å². The average molecular weight is 541 g/mol. The second-order valence-electron chi connectivity index (χ2n) is 10.5. The third-order valence-electron chi connectivity index (χ3n) is 8.11. The molecule has 5 aromatic rings. The predicted octanol–water partition coefficient (Wildman–Crippen LogP) is 9.65. The molecule has 1 aliphatic heterocycles. The van der Waals surface area contributed by atoms with Gasteiger partial charge in [0.05, 0.1) is 11.7 Å². The van der Waals surface area contributed by atoms with Crippen LogP contribution in [0.15, 0.2) is 126 Å². The molecule has 0 bridgehead atoms. The maximum absolute atomic E-state index is 6.35. The van der Waals surface area contributed by atoms with Gasteiger partial charge in [0, 0.05) is 28.4 Å². The predicted molar refractivity (Wildman–Crippen MR) is 166 cm³/mol. The Morgan fingerprint density at radius 3 is 2.62 bits per heavy atom. The van der Waals surface area contributed by atoms with Crippen molar-refractivity contribution in [3.8, 4) is 5.75 Å². The van der Waals surface area contributed by atoms with Gasteiger partial charge in [0.15, 0.2) is 0 Å². The van der Waals surface area contributed by atoms with Crippen LogP contribution in [0.5, 0.6) is 5.75 Å². The van der Waals surface area contributed by atoms with E-state index in [0.717, 1.165) is 29.0 Å². The topological polar surface area (TPSA) is 33.6 Å². The van der Waals surface area contributed by atoms with Gasteiger partial charge in [-0.1, -0.05) is 96.5 Å². The summed E-state index contributed by atoms with van der Waals surface area (Å²) >= 11 is 6.35. The fraction of sp³-hybridized carbons (Fsp3) is 0.139. The van der Waals surface area contributed by atoms with Gasteiger partial charge in [0.1, 0.15) is 12.4 Å². The van der Waals surface area contributed by atoms with Crippen LogP contribution in [0.4, 0.5) is 11.4 Å². The lowest BCUT2D eigenvalue weighted by molar-refractivity contribution is 0.307. The summed E-state index contributed by atoms with van der Waals surface area (Å²) in [5, 5.41) is 6.86. The van der Waals surface area contributed by atoms with Gasteiger partial charge in [-0.05, 0) is 76.2 Å². The maximum Gasteiger partial charge on any atom is 0.128 e. The Hall–Kier alpha value is -4.34. The molecular formula is C36H29ClN2O. The van der Waals surface area contributed by atoms with E-state index < -0.39 is 0 Å². The summed E-state index contributed by atoms with van der Waals surface area (Å²) in [4.78, 5) is 4.78. The Bertz CT molecular complexity index is 1740. The van der Waals surface area contributed by atoms with E-state index in [-0.39, 0.29) is 6.04 Å². The molecular weight excluding hydrogens is 512 g/mol. The van der Waals surface area contributed by atoms with Crippen LogP contribution in [0.2, 0.25) is 5.02 Å². The van der Waals surface area contributed by atoms with Crippen molar-refractivity contribution in [1.29, 1.82) is 0 Å². The Labute approximate surface area is 239 Å². The zero-order chi connectivity index (χ0) is 26.9. The highest BCUT2D eigenvalue weighted by molar-refractivity contribution is 6.30. The molecule has 3 nitrogen and oxygen atoms in total. The van der Waals surface area contributed by atoms with E-state index in [0.29, 0.717) is 23.5 Å². The highest BCUT2D eigenvalue weighted by atomic mass is 35.5. The maximum atomic E-state index is 6.35.